The average Bonchev–Trinajstić information content (AvgIpc) is 2.40. The van der Waals surface area contributed by atoms with Crippen LogP contribution < -0.4 is 4.74 Å². The first-order chi connectivity index (χ1) is 8.75. The molecule has 1 aromatic carbocycles. The molecule has 2 heteroatoms. The van der Waals surface area contributed by atoms with Gasteiger partial charge in [-0.3, -0.25) is 0 Å². The topological polar surface area (TPSA) is 29.5 Å². The van der Waals surface area contributed by atoms with Crippen LogP contribution in [0.1, 0.15) is 57.1 Å². The van der Waals surface area contributed by atoms with Crippen LogP contribution in [0.3, 0.4) is 0 Å². The van der Waals surface area contributed by atoms with Crippen molar-refractivity contribution in [2.24, 2.45) is 5.92 Å². The van der Waals surface area contributed by atoms with Gasteiger partial charge in [0.2, 0.25) is 0 Å². The lowest BCUT2D eigenvalue weighted by Crippen LogP contribution is -2.10. The molecule has 1 aliphatic rings. The van der Waals surface area contributed by atoms with E-state index in [1.165, 1.54) is 38.5 Å². The summed E-state index contributed by atoms with van der Waals surface area (Å²) in [4.78, 5) is 0. The quantitative estimate of drug-likeness (QED) is 0.850. The summed E-state index contributed by atoms with van der Waals surface area (Å²) in [5.74, 6) is 1.78. The highest BCUT2D eigenvalue weighted by Gasteiger charge is 2.13. The molecule has 0 heterocycles. The van der Waals surface area contributed by atoms with E-state index >= 15 is 0 Å². The molecule has 2 rings (SSSR count). The Kier molecular flexibility index (Phi) is 5.06. The van der Waals surface area contributed by atoms with Gasteiger partial charge in [-0.25, -0.2) is 0 Å². The first-order valence-electron chi connectivity index (χ1n) is 7.16. The molecule has 0 amide bonds. The van der Waals surface area contributed by atoms with Crippen molar-refractivity contribution in [3.05, 3.63) is 29.8 Å². The fourth-order valence-corrected chi connectivity index (χ4v) is 2.66. The van der Waals surface area contributed by atoms with Gasteiger partial charge in [0.1, 0.15) is 5.75 Å². The van der Waals surface area contributed by atoms with Gasteiger partial charge in [-0.15, -0.1) is 0 Å². The van der Waals surface area contributed by atoms with E-state index in [-0.39, 0.29) is 0 Å². The fraction of sp³-hybridized carbons (Fsp3) is 0.625. The van der Waals surface area contributed by atoms with Gasteiger partial charge >= 0.3 is 0 Å². The molecule has 1 unspecified atom stereocenters. The Morgan fingerprint density at radius 3 is 2.44 bits per heavy atom. The van der Waals surface area contributed by atoms with Gasteiger partial charge in [0.25, 0.3) is 0 Å². The number of aliphatic hydroxyl groups is 1. The van der Waals surface area contributed by atoms with Crippen molar-refractivity contribution < 1.29 is 9.84 Å². The molecule has 0 aliphatic heterocycles. The van der Waals surface area contributed by atoms with Crippen molar-refractivity contribution in [1.29, 1.82) is 0 Å². The van der Waals surface area contributed by atoms with Crippen LogP contribution in [0.5, 0.6) is 5.75 Å². The van der Waals surface area contributed by atoms with Gasteiger partial charge in [0.15, 0.2) is 0 Å². The van der Waals surface area contributed by atoms with E-state index in [9.17, 15) is 5.11 Å². The second-order valence-electron chi connectivity index (χ2n) is 5.39. The van der Waals surface area contributed by atoms with Crippen molar-refractivity contribution >= 4 is 0 Å². The molecule has 1 fully saturated rings. The highest BCUT2D eigenvalue weighted by molar-refractivity contribution is 5.28. The molecule has 0 aromatic heterocycles. The highest BCUT2D eigenvalue weighted by Crippen LogP contribution is 2.26. The first-order valence-corrected chi connectivity index (χ1v) is 7.16. The van der Waals surface area contributed by atoms with Crippen LogP contribution in [0, 0.1) is 5.92 Å². The van der Waals surface area contributed by atoms with E-state index in [0.29, 0.717) is 0 Å². The van der Waals surface area contributed by atoms with Gasteiger partial charge in [-0.1, -0.05) is 44.2 Å². The molecule has 100 valence electrons. The van der Waals surface area contributed by atoms with Gasteiger partial charge in [-0.2, -0.15) is 0 Å². The van der Waals surface area contributed by atoms with Crippen LogP contribution >= 0.6 is 0 Å². The molecule has 1 aromatic rings. The number of benzene rings is 1. The number of ether oxygens (including phenoxy) is 1. The molecule has 0 radical (unpaired) electrons. The van der Waals surface area contributed by atoms with Gasteiger partial charge < -0.3 is 9.84 Å². The summed E-state index contributed by atoms with van der Waals surface area (Å²) >= 11 is 0. The third-order valence-corrected chi connectivity index (χ3v) is 3.88. The van der Waals surface area contributed by atoms with Crippen molar-refractivity contribution in [2.45, 2.75) is 51.6 Å². The highest BCUT2D eigenvalue weighted by atomic mass is 16.5. The minimum absolute atomic E-state index is 0.402. The molecule has 1 aliphatic carbocycles. The summed E-state index contributed by atoms with van der Waals surface area (Å²) in [5.41, 5.74) is 0.939. The molecule has 1 N–H and O–H groups in total. The summed E-state index contributed by atoms with van der Waals surface area (Å²) in [6.45, 7) is 2.59. The maximum absolute atomic E-state index is 9.42. The summed E-state index contributed by atoms with van der Waals surface area (Å²) in [6, 6.07) is 7.76. The summed E-state index contributed by atoms with van der Waals surface area (Å²) in [7, 11) is 0. The van der Waals surface area contributed by atoms with E-state index in [1.54, 1.807) is 6.92 Å². The number of hydrogen-bond donors (Lipinski definition) is 1. The predicted octanol–water partition coefficient (Wildman–Crippen LogP) is 4.09. The average molecular weight is 248 g/mol. The summed E-state index contributed by atoms with van der Waals surface area (Å²) < 4.78 is 5.76. The zero-order valence-electron chi connectivity index (χ0n) is 11.3. The van der Waals surface area contributed by atoms with Crippen molar-refractivity contribution in [3.8, 4) is 5.75 Å². The molecule has 1 atom stereocenters. The summed E-state index contributed by atoms with van der Waals surface area (Å²) in [5, 5.41) is 9.42. The van der Waals surface area contributed by atoms with Crippen LogP contribution in [0.4, 0.5) is 0 Å². The number of aliphatic hydroxyl groups excluding tert-OH is 1. The lowest BCUT2D eigenvalue weighted by atomic mass is 9.87. The monoisotopic (exact) mass is 248 g/mol. The lowest BCUT2D eigenvalue weighted by Gasteiger charge is -2.21. The van der Waals surface area contributed by atoms with Crippen molar-refractivity contribution in [3.63, 3.8) is 0 Å². The Bertz CT molecular complexity index is 337. The SMILES string of the molecule is CC(O)c1ccc(OCCC2CCCCC2)cc1. The minimum atomic E-state index is -0.402. The standard InChI is InChI=1S/C16H24O2/c1-13(17)15-7-9-16(10-8-15)18-12-11-14-5-3-2-4-6-14/h7-10,13-14,17H,2-6,11-12H2,1H3. The maximum atomic E-state index is 9.42. The van der Waals surface area contributed by atoms with E-state index in [4.69, 9.17) is 4.74 Å². The Morgan fingerprint density at radius 1 is 1.17 bits per heavy atom. The predicted molar refractivity (Wildman–Crippen MR) is 73.8 cm³/mol. The van der Waals surface area contributed by atoms with Gasteiger partial charge in [0.05, 0.1) is 12.7 Å². The summed E-state index contributed by atoms with van der Waals surface area (Å²) in [6.07, 6.45) is 7.74. The molecule has 18 heavy (non-hydrogen) atoms. The molecular weight excluding hydrogens is 224 g/mol. The maximum Gasteiger partial charge on any atom is 0.119 e. The first kappa shape index (κ1) is 13.4. The molecular formula is C16H24O2. The molecule has 0 saturated heterocycles. The van der Waals surface area contributed by atoms with Gasteiger partial charge in [0, 0.05) is 0 Å². The van der Waals surface area contributed by atoms with E-state index in [0.717, 1.165) is 23.8 Å². The lowest BCUT2D eigenvalue weighted by molar-refractivity contribution is 0.199. The second-order valence-corrected chi connectivity index (χ2v) is 5.39. The van der Waals surface area contributed by atoms with E-state index in [1.807, 2.05) is 24.3 Å². The second kappa shape index (κ2) is 6.79. The zero-order chi connectivity index (χ0) is 12.8. The van der Waals surface area contributed by atoms with Crippen LogP contribution in [-0.2, 0) is 0 Å². The van der Waals surface area contributed by atoms with Crippen LogP contribution in [0.25, 0.3) is 0 Å². The van der Waals surface area contributed by atoms with Gasteiger partial charge in [-0.05, 0) is 37.0 Å². The van der Waals surface area contributed by atoms with Crippen LogP contribution in [0.2, 0.25) is 0 Å². The molecule has 0 bridgehead atoms. The molecule has 2 nitrogen and oxygen atoms in total. The Hall–Kier alpha value is -1.02. The Balaban J connectivity index is 1.72. The fourth-order valence-electron chi connectivity index (χ4n) is 2.66. The minimum Gasteiger partial charge on any atom is -0.494 e. The third kappa shape index (κ3) is 4.02. The normalized spacial score (nSPS) is 18.6. The van der Waals surface area contributed by atoms with E-state index < -0.39 is 6.10 Å². The zero-order valence-corrected chi connectivity index (χ0v) is 11.3. The molecule has 0 spiro atoms. The van der Waals surface area contributed by atoms with E-state index in [2.05, 4.69) is 0 Å². The van der Waals surface area contributed by atoms with Crippen LogP contribution in [-0.4, -0.2) is 11.7 Å². The molecule has 1 saturated carbocycles. The number of rotatable bonds is 5. The largest absolute Gasteiger partial charge is 0.494 e. The Labute approximate surface area is 110 Å². The Morgan fingerprint density at radius 2 is 1.83 bits per heavy atom. The third-order valence-electron chi connectivity index (χ3n) is 3.88. The smallest absolute Gasteiger partial charge is 0.119 e. The number of hydrogen-bond acceptors (Lipinski definition) is 2. The van der Waals surface area contributed by atoms with Crippen LogP contribution in [0.15, 0.2) is 24.3 Å². The van der Waals surface area contributed by atoms with Crippen molar-refractivity contribution in [2.75, 3.05) is 6.61 Å². The van der Waals surface area contributed by atoms with Crippen molar-refractivity contribution in [1.82, 2.24) is 0 Å².